The Bertz CT molecular complexity index is 1120. The highest BCUT2D eigenvalue weighted by molar-refractivity contribution is 7.80. The lowest BCUT2D eigenvalue weighted by atomic mass is 9.94. The van der Waals surface area contributed by atoms with E-state index in [2.05, 4.69) is 34.3 Å². The third kappa shape index (κ3) is 5.07. The lowest BCUT2D eigenvalue weighted by Gasteiger charge is -2.36. The minimum Gasteiger partial charge on any atom is -0.497 e. The fourth-order valence-electron chi connectivity index (χ4n) is 4.24. The summed E-state index contributed by atoms with van der Waals surface area (Å²) >= 11 is 5.83. The number of pyridine rings is 1. The van der Waals surface area contributed by atoms with Crippen LogP contribution in [-0.2, 0) is 6.54 Å². The molecule has 0 aliphatic heterocycles. The lowest BCUT2D eigenvalue weighted by molar-refractivity contribution is 0.240. The van der Waals surface area contributed by atoms with Gasteiger partial charge in [0.25, 0.3) is 5.56 Å². The predicted octanol–water partition coefficient (Wildman–Crippen LogP) is 5.38. The van der Waals surface area contributed by atoms with E-state index in [1.807, 2.05) is 36.4 Å². The van der Waals surface area contributed by atoms with Crippen LogP contribution >= 0.6 is 12.2 Å². The number of aryl methyl sites for hydroxylation is 1. The zero-order valence-electron chi connectivity index (χ0n) is 18.1. The van der Waals surface area contributed by atoms with E-state index in [0.29, 0.717) is 17.7 Å². The fraction of sp³-hybridized carbons (Fsp3) is 0.360. The lowest BCUT2D eigenvalue weighted by Crippen LogP contribution is -2.44. The topological polar surface area (TPSA) is 57.4 Å². The van der Waals surface area contributed by atoms with Crippen molar-refractivity contribution in [1.29, 1.82) is 0 Å². The smallest absolute Gasteiger partial charge is 0.253 e. The average molecular weight is 436 g/mol. The minimum absolute atomic E-state index is 0.0836. The molecular formula is C25H29N3O2S. The van der Waals surface area contributed by atoms with Gasteiger partial charge in [-0.2, -0.15) is 0 Å². The van der Waals surface area contributed by atoms with Crippen LogP contribution in [0.4, 0.5) is 5.69 Å². The first-order valence-corrected chi connectivity index (χ1v) is 11.3. The van der Waals surface area contributed by atoms with Gasteiger partial charge in [0, 0.05) is 23.4 Å². The number of hydrogen-bond acceptors (Lipinski definition) is 3. The number of nitrogens with zero attached hydrogens (tertiary/aromatic N) is 1. The minimum atomic E-state index is -0.0836. The molecule has 3 aromatic rings. The maximum Gasteiger partial charge on any atom is 0.253 e. The zero-order valence-corrected chi connectivity index (χ0v) is 18.9. The summed E-state index contributed by atoms with van der Waals surface area (Å²) in [6, 6.07) is 16.3. The Morgan fingerprint density at radius 3 is 2.58 bits per heavy atom. The van der Waals surface area contributed by atoms with Gasteiger partial charge in [-0.15, -0.1) is 0 Å². The number of benzene rings is 2. The molecule has 0 spiro atoms. The molecule has 0 radical (unpaired) electrons. The van der Waals surface area contributed by atoms with Gasteiger partial charge in [-0.05, 0) is 67.7 Å². The Balaban J connectivity index is 1.62. The van der Waals surface area contributed by atoms with Crippen LogP contribution in [0.2, 0.25) is 0 Å². The summed E-state index contributed by atoms with van der Waals surface area (Å²) in [5.41, 5.74) is 3.59. The van der Waals surface area contributed by atoms with Crippen molar-refractivity contribution in [3.8, 4) is 5.75 Å². The third-order valence-electron chi connectivity index (χ3n) is 6.05. The number of nitrogens with one attached hydrogen (secondary N) is 2. The molecule has 2 N–H and O–H groups in total. The Morgan fingerprint density at radius 1 is 1.13 bits per heavy atom. The molecular weight excluding hydrogens is 406 g/mol. The van der Waals surface area contributed by atoms with E-state index in [0.717, 1.165) is 40.7 Å². The van der Waals surface area contributed by atoms with Crippen LogP contribution < -0.4 is 15.6 Å². The summed E-state index contributed by atoms with van der Waals surface area (Å²) in [6.07, 6.45) is 5.85. The molecule has 1 aromatic heterocycles. The summed E-state index contributed by atoms with van der Waals surface area (Å²) in [6.45, 7) is 2.55. The summed E-state index contributed by atoms with van der Waals surface area (Å²) < 4.78 is 5.28. The molecule has 31 heavy (non-hydrogen) atoms. The zero-order chi connectivity index (χ0) is 21.8. The van der Waals surface area contributed by atoms with Crippen LogP contribution in [0.5, 0.6) is 5.75 Å². The number of aromatic amines is 1. The molecule has 6 heteroatoms. The molecule has 1 fully saturated rings. The highest BCUT2D eigenvalue weighted by atomic mass is 32.1. The van der Waals surface area contributed by atoms with Gasteiger partial charge >= 0.3 is 0 Å². The van der Waals surface area contributed by atoms with E-state index in [4.69, 9.17) is 17.0 Å². The van der Waals surface area contributed by atoms with Crippen molar-refractivity contribution in [3.05, 3.63) is 70.0 Å². The Labute approximate surface area is 188 Å². The first-order chi connectivity index (χ1) is 15.0. The third-order valence-corrected chi connectivity index (χ3v) is 6.39. The normalized spacial score (nSPS) is 14.4. The number of rotatable bonds is 5. The predicted molar refractivity (Wildman–Crippen MR) is 131 cm³/mol. The number of aromatic nitrogens is 1. The van der Waals surface area contributed by atoms with Crippen LogP contribution in [0.15, 0.2) is 53.3 Å². The molecule has 4 rings (SSSR count). The molecule has 0 saturated heterocycles. The van der Waals surface area contributed by atoms with Gasteiger partial charge in [0.2, 0.25) is 0 Å². The SMILES string of the molecule is COc1ccc2cc(CN(C(=S)Nc3ccc(C)cc3)C3CCCCC3)c(=O)[nH]c2c1. The van der Waals surface area contributed by atoms with E-state index in [-0.39, 0.29) is 5.56 Å². The summed E-state index contributed by atoms with van der Waals surface area (Å²) in [4.78, 5) is 18.1. The van der Waals surface area contributed by atoms with Gasteiger partial charge in [-0.1, -0.05) is 37.0 Å². The molecule has 1 aliphatic rings. The maximum absolute atomic E-state index is 12.9. The van der Waals surface area contributed by atoms with Gasteiger partial charge in [-0.3, -0.25) is 4.79 Å². The molecule has 2 aromatic carbocycles. The number of fused-ring (bicyclic) bond motifs is 1. The molecule has 162 valence electrons. The number of H-pyrrole nitrogens is 1. The fourth-order valence-corrected chi connectivity index (χ4v) is 4.58. The van der Waals surface area contributed by atoms with Gasteiger partial charge in [0.05, 0.1) is 19.2 Å². The van der Waals surface area contributed by atoms with Crippen molar-refractivity contribution < 1.29 is 4.74 Å². The van der Waals surface area contributed by atoms with Crippen LogP contribution in [0, 0.1) is 6.92 Å². The van der Waals surface area contributed by atoms with E-state index in [9.17, 15) is 4.79 Å². The van der Waals surface area contributed by atoms with Crippen molar-refractivity contribution in [2.24, 2.45) is 0 Å². The van der Waals surface area contributed by atoms with Gasteiger partial charge in [0.1, 0.15) is 5.75 Å². The molecule has 0 unspecified atom stereocenters. The molecule has 1 saturated carbocycles. The van der Waals surface area contributed by atoms with Gasteiger partial charge < -0.3 is 19.9 Å². The number of anilines is 1. The number of methoxy groups -OCH3 is 1. The number of hydrogen-bond donors (Lipinski definition) is 2. The van der Waals surface area contributed by atoms with Gasteiger partial charge in [0.15, 0.2) is 5.11 Å². The summed E-state index contributed by atoms with van der Waals surface area (Å²) in [7, 11) is 1.62. The monoisotopic (exact) mass is 435 g/mol. The number of ether oxygens (including phenoxy) is 1. The van der Waals surface area contributed by atoms with Crippen LogP contribution in [0.25, 0.3) is 10.9 Å². The second kappa shape index (κ2) is 9.52. The molecule has 0 amide bonds. The average Bonchev–Trinajstić information content (AvgIpc) is 2.79. The second-order valence-corrected chi connectivity index (χ2v) is 8.68. The van der Waals surface area contributed by atoms with E-state index in [1.165, 1.54) is 24.8 Å². The quantitative estimate of drug-likeness (QED) is 0.527. The number of thiocarbonyl (C=S) groups is 1. The molecule has 1 heterocycles. The Morgan fingerprint density at radius 2 is 1.87 bits per heavy atom. The molecule has 0 bridgehead atoms. The molecule has 5 nitrogen and oxygen atoms in total. The van der Waals surface area contributed by atoms with Crippen molar-refractivity contribution in [3.63, 3.8) is 0 Å². The van der Waals surface area contributed by atoms with Crippen LogP contribution in [0.1, 0.15) is 43.2 Å². The first kappa shape index (κ1) is 21.4. The van der Waals surface area contributed by atoms with Crippen molar-refractivity contribution in [2.75, 3.05) is 12.4 Å². The standard InChI is InChI=1S/C25H29N3O2S/c1-17-8-11-20(12-9-17)26-25(31)28(21-6-4-3-5-7-21)16-19-14-18-10-13-22(30-2)15-23(18)27-24(19)29/h8-15,21H,3-7,16H2,1-2H3,(H,26,31)(H,27,29). The van der Waals surface area contributed by atoms with Crippen LogP contribution in [0.3, 0.4) is 0 Å². The maximum atomic E-state index is 12.9. The van der Waals surface area contributed by atoms with E-state index < -0.39 is 0 Å². The highest BCUT2D eigenvalue weighted by Gasteiger charge is 2.24. The van der Waals surface area contributed by atoms with Crippen LogP contribution in [-0.4, -0.2) is 28.1 Å². The highest BCUT2D eigenvalue weighted by Crippen LogP contribution is 2.26. The Hall–Kier alpha value is -2.86. The summed E-state index contributed by atoms with van der Waals surface area (Å²) in [5, 5.41) is 5.04. The van der Waals surface area contributed by atoms with E-state index in [1.54, 1.807) is 7.11 Å². The first-order valence-electron chi connectivity index (χ1n) is 10.9. The van der Waals surface area contributed by atoms with E-state index >= 15 is 0 Å². The molecule has 1 aliphatic carbocycles. The Kier molecular flexibility index (Phi) is 6.56. The van der Waals surface area contributed by atoms with Crippen molar-refractivity contribution in [2.45, 2.75) is 51.6 Å². The largest absolute Gasteiger partial charge is 0.497 e. The van der Waals surface area contributed by atoms with Gasteiger partial charge in [-0.25, -0.2) is 0 Å². The molecule has 0 atom stereocenters. The van der Waals surface area contributed by atoms with Crippen molar-refractivity contribution in [1.82, 2.24) is 9.88 Å². The summed E-state index contributed by atoms with van der Waals surface area (Å²) in [5.74, 6) is 0.725. The van der Waals surface area contributed by atoms with Crippen molar-refractivity contribution >= 4 is 33.9 Å². The second-order valence-electron chi connectivity index (χ2n) is 8.29.